The van der Waals surface area contributed by atoms with E-state index in [4.69, 9.17) is 4.74 Å². The number of hydrogen-bond donors (Lipinski definition) is 0. The molecular weight excluding hydrogens is 252 g/mol. The predicted molar refractivity (Wildman–Crippen MR) is 78.9 cm³/mol. The highest BCUT2D eigenvalue weighted by Crippen LogP contribution is 2.23. The molecular formula is C16H24N2O2. The van der Waals surface area contributed by atoms with Gasteiger partial charge in [0, 0.05) is 36.8 Å². The van der Waals surface area contributed by atoms with Crippen LogP contribution in [-0.4, -0.2) is 35.4 Å². The third-order valence-corrected chi connectivity index (χ3v) is 3.85. The van der Waals surface area contributed by atoms with Crippen molar-refractivity contribution in [1.29, 1.82) is 0 Å². The van der Waals surface area contributed by atoms with Crippen LogP contribution in [0, 0.1) is 6.92 Å². The standard InChI is InChI=1S/C16H24N2O2/c1-12-8-16(20-3)10-14(17-12)11-18-7-5-4-6-15(18)9-13(2)19/h8,10,15H,4-7,9,11H2,1-3H3. The molecule has 1 atom stereocenters. The molecule has 0 N–H and O–H groups in total. The lowest BCUT2D eigenvalue weighted by Gasteiger charge is -2.35. The molecule has 110 valence electrons. The number of likely N-dealkylation sites (tertiary alicyclic amines) is 1. The number of ether oxygens (including phenoxy) is 1. The van der Waals surface area contributed by atoms with Crippen molar-refractivity contribution < 1.29 is 9.53 Å². The Labute approximate surface area is 121 Å². The second-order valence-corrected chi connectivity index (χ2v) is 5.67. The molecule has 0 amide bonds. The van der Waals surface area contributed by atoms with Crippen LogP contribution >= 0.6 is 0 Å². The van der Waals surface area contributed by atoms with E-state index in [1.165, 1.54) is 12.8 Å². The van der Waals surface area contributed by atoms with E-state index in [-0.39, 0.29) is 5.78 Å². The van der Waals surface area contributed by atoms with Crippen LogP contribution in [0.5, 0.6) is 5.75 Å². The first kappa shape index (κ1) is 15.0. The fourth-order valence-electron chi connectivity index (χ4n) is 2.94. The fourth-order valence-corrected chi connectivity index (χ4v) is 2.94. The number of hydrogen-bond acceptors (Lipinski definition) is 4. The largest absolute Gasteiger partial charge is 0.497 e. The van der Waals surface area contributed by atoms with Gasteiger partial charge in [0.1, 0.15) is 11.5 Å². The molecule has 2 heterocycles. The Balaban J connectivity index is 2.09. The molecule has 4 heteroatoms. The van der Waals surface area contributed by atoms with Crippen molar-refractivity contribution in [1.82, 2.24) is 9.88 Å². The van der Waals surface area contributed by atoms with E-state index >= 15 is 0 Å². The number of pyridine rings is 1. The van der Waals surface area contributed by atoms with Crippen molar-refractivity contribution in [3.05, 3.63) is 23.5 Å². The van der Waals surface area contributed by atoms with Gasteiger partial charge in [0.15, 0.2) is 0 Å². The molecule has 0 bridgehead atoms. The lowest BCUT2D eigenvalue weighted by atomic mass is 9.97. The first-order valence-corrected chi connectivity index (χ1v) is 7.33. The number of aromatic nitrogens is 1. The molecule has 1 unspecified atom stereocenters. The lowest BCUT2D eigenvalue weighted by molar-refractivity contribution is -0.118. The number of methoxy groups -OCH3 is 1. The lowest BCUT2D eigenvalue weighted by Crippen LogP contribution is -2.40. The molecule has 1 saturated heterocycles. The number of ketones is 1. The Morgan fingerprint density at radius 3 is 2.95 bits per heavy atom. The van der Waals surface area contributed by atoms with Gasteiger partial charge in [0.2, 0.25) is 0 Å². The average molecular weight is 276 g/mol. The molecule has 1 aromatic rings. The summed E-state index contributed by atoms with van der Waals surface area (Å²) in [6.45, 7) is 5.52. The zero-order chi connectivity index (χ0) is 14.5. The molecule has 0 aliphatic carbocycles. The van der Waals surface area contributed by atoms with Crippen molar-refractivity contribution in [2.75, 3.05) is 13.7 Å². The summed E-state index contributed by atoms with van der Waals surface area (Å²) in [5.74, 6) is 1.13. The molecule has 0 aromatic carbocycles. The monoisotopic (exact) mass is 276 g/mol. The summed E-state index contributed by atoms with van der Waals surface area (Å²) in [5.41, 5.74) is 2.00. The predicted octanol–water partition coefficient (Wildman–Crippen LogP) is 2.73. The van der Waals surface area contributed by atoms with Gasteiger partial charge >= 0.3 is 0 Å². The minimum atomic E-state index is 0.275. The third-order valence-electron chi connectivity index (χ3n) is 3.85. The van der Waals surface area contributed by atoms with Crippen molar-refractivity contribution in [2.45, 2.75) is 52.1 Å². The number of rotatable bonds is 5. The van der Waals surface area contributed by atoms with Crippen LogP contribution in [0.1, 0.15) is 44.0 Å². The number of piperidine rings is 1. The molecule has 1 aromatic heterocycles. The van der Waals surface area contributed by atoms with Gasteiger partial charge in [0.25, 0.3) is 0 Å². The van der Waals surface area contributed by atoms with E-state index in [9.17, 15) is 4.79 Å². The third kappa shape index (κ3) is 4.04. The molecule has 0 saturated carbocycles. The number of carbonyl (C=O) groups excluding carboxylic acids is 1. The van der Waals surface area contributed by atoms with E-state index in [2.05, 4.69) is 9.88 Å². The summed E-state index contributed by atoms with van der Waals surface area (Å²) in [7, 11) is 1.68. The second-order valence-electron chi connectivity index (χ2n) is 5.67. The summed E-state index contributed by atoms with van der Waals surface area (Å²) in [6.07, 6.45) is 4.20. The number of nitrogens with zero attached hydrogens (tertiary/aromatic N) is 2. The first-order valence-electron chi connectivity index (χ1n) is 7.33. The summed E-state index contributed by atoms with van der Waals surface area (Å²) < 4.78 is 5.30. The average Bonchev–Trinajstić information content (AvgIpc) is 2.39. The topological polar surface area (TPSA) is 42.4 Å². The van der Waals surface area contributed by atoms with E-state index in [0.717, 1.165) is 36.6 Å². The minimum Gasteiger partial charge on any atom is -0.497 e. The Morgan fingerprint density at radius 2 is 2.25 bits per heavy atom. The highest BCUT2D eigenvalue weighted by atomic mass is 16.5. The molecule has 4 nitrogen and oxygen atoms in total. The van der Waals surface area contributed by atoms with Crippen molar-refractivity contribution >= 4 is 5.78 Å². The molecule has 1 aliphatic heterocycles. The minimum absolute atomic E-state index is 0.275. The first-order chi connectivity index (χ1) is 9.58. The SMILES string of the molecule is COc1cc(C)nc(CN2CCCCC2CC(C)=O)c1. The van der Waals surface area contributed by atoms with Crippen LogP contribution in [0.3, 0.4) is 0 Å². The fraction of sp³-hybridized carbons (Fsp3) is 0.625. The molecule has 20 heavy (non-hydrogen) atoms. The van der Waals surface area contributed by atoms with Gasteiger partial charge in [-0.15, -0.1) is 0 Å². The van der Waals surface area contributed by atoms with Crippen LogP contribution < -0.4 is 4.74 Å². The maximum absolute atomic E-state index is 11.4. The van der Waals surface area contributed by atoms with Crippen LogP contribution in [0.2, 0.25) is 0 Å². The normalized spacial score (nSPS) is 19.9. The maximum Gasteiger partial charge on any atom is 0.131 e. The van der Waals surface area contributed by atoms with Crippen molar-refractivity contribution in [2.24, 2.45) is 0 Å². The van der Waals surface area contributed by atoms with Crippen LogP contribution in [0.15, 0.2) is 12.1 Å². The smallest absolute Gasteiger partial charge is 0.131 e. The van der Waals surface area contributed by atoms with Gasteiger partial charge < -0.3 is 4.74 Å². The van der Waals surface area contributed by atoms with E-state index < -0.39 is 0 Å². The quantitative estimate of drug-likeness (QED) is 0.829. The molecule has 0 spiro atoms. The Morgan fingerprint density at radius 1 is 1.45 bits per heavy atom. The van der Waals surface area contributed by atoms with E-state index in [0.29, 0.717) is 12.5 Å². The van der Waals surface area contributed by atoms with Gasteiger partial charge in [-0.3, -0.25) is 14.7 Å². The highest BCUT2D eigenvalue weighted by Gasteiger charge is 2.24. The van der Waals surface area contributed by atoms with Gasteiger partial charge in [-0.25, -0.2) is 0 Å². The summed E-state index contributed by atoms with van der Waals surface area (Å²) in [5, 5.41) is 0. The van der Waals surface area contributed by atoms with Crippen molar-refractivity contribution in [3.63, 3.8) is 0 Å². The van der Waals surface area contributed by atoms with Crippen LogP contribution in [0.4, 0.5) is 0 Å². The van der Waals surface area contributed by atoms with Crippen LogP contribution in [-0.2, 0) is 11.3 Å². The zero-order valence-corrected chi connectivity index (χ0v) is 12.7. The second kappa shape index (κ2) is 6.84. The van der Waals surface area contributed by atoms with Gasteiger partial charge in [0.05, 0.1) is 12.8 Å². The summed E-state index contributed by atoms with van der Waals surface area (Å²) >= 11 is 0. The number of carbonyl (C=O) groups is 1. The Hall–Kier alpha value is -1.42. The van der Waals surface area contributed by atoms with Gasteiger partial charge in [-0.1, -0.05) is 6.42 Å². The molecule has 1 aliphatic rings. The summed E-state index contributed by atoms with van der Waals surface area (Å²) in [4.78, 5) is 18.4. The Kier molecular flexibility index (Phi) is 5.12. The molecule has 1 fully saturated rings. The van der Waals surface area contributed by atoms with Gasteiger partial charge in [-0.2, -0.15) is 0 Å². The zero-order valence-electron chi connectivity index (χ0n) is 12.7. The van der Waals surface area contributed by atoms with Crippen molar-refractivity contribution in [3.8, 4) is 5.75 Å². The maximum atomic E-state index is 11.4. The van der Waals surface area contributed by atoms with E-state index in [1.807, 2.05) is 19.1 Å². The molecule has 2 rings (SSSR count). The van der Waals surface area contributed by atoms with E-state index in [1.54, 1.807) is 14.0 Å². The van der Waals surface area contributed by atoms with Gasteiger partial charge in [-0.05, 0) is 33.2 Å². The molecule has 0 radical (unpaired) electrons. The Bertz CT molecular complexity index is 474. The highest BCUT2D eigenvalue weighted by molar-refractivity contribution is 5.76. The number of aryl methyl sites for hydroxylation is 1. The number of Topliss-reactive ketones (excluding diaryl/α,β-unsaturated/α-hetero) is 1. The van der Waals surface area contributed by atoms with Crippen LogP contribution in [0.25, 0.3) is 0 Å². The summed E-state index contributed by atoms with van der Waals surface area (Å²) in [6, 6.07) is 4.30.